The molecular formula is C29H41N7O7. The van der Waals surface area contributed by atoms with Crippen LogP contribution in [0.1, 0.15) is 31.2 Å². The maximum atomic E-state index is 12.9. The van der Waals surface area contributed by atoms with Crippen LogP contribution in [0.2, 0.25) is 0 Å². The van der Waals surface area contributed by atoms with Gasteiger partial charge in [0.2, 0.25) is 29.5 Å². The predicted octanol–water partition coefficient (Wildman–Crippen LogP) is -1.77. The summed E-state index contributed by atoms with van der Waals surface area (Å²) in [6.07, 6.45) is 4.49. The Morgan fingerprint density at radius 3 is 2.14 bits per heavy atom. The number of benzene rings is 1. The molecule has 0 bridgehead atoms. The third-order valence-corrected chi connectivity index (χ3v) is 6.55. The van der Waals surface area contributed by atoms with Gasteiger partial charge >= 0.3 is 0 Å². The number of hydrogen-bond donors (Lipinski definition) is 5. The van der Waals surface area contributed by atoms with Crippen molar-refractivity contribution in [2.24, 2.45) is 0 Å². The number of imide groups is 1. The molecule has 1 aliphatic rings. The van der Waals surface area contributed by atoms with Crippen LogP contribution in [0.5, 0.6) is 0 Å². The minimum Gasteiger partial charge on any atom is -0.347 e. The molecule has 0 radical (unpaired) electrons. The smallest absolute Gasteiger partial charge is 0.253 e. The van der Waals surface area contributed by atoms with Gasteiger partial charge in [0.15, 0.2) is 0 Å². The van der Waals surface area contributed by atoms with E-state index in [4.69, 9.17) is 0 Å². The number of likely N-dealkylation sites (N-methyl/N-ethyl adjacent to an activating group) is 2. The lowest BCUT2D eigenvalue weighted by Crippen LogP contribution is -2.52. The fourth-order valence-corrected chi connectivity index (χ4v) is 4.02. The van der Waals surface area contributed by atoms with E-state index in [0.29, 0.717) is 32.4 Å². The van der Waals surface area contributed by atoms with Crippen LogP contribution in [0.3, 0.4) is 0 Å². The van der Waals surface area contributed by atoms with Gasteiger partial charge in [-0.3, -0.25) is 38.5 Å². The minimum absolute atomic E-state index is 0.165. The van der Waals surface area contributed by atoms with Crippen LogP contribution < -0.4 is 26.6 Å². The fourth-order valence-electron chi connectivity index (χ4n) is 4.02. The van der Waals surface area contributed by atoms with Gasteiger partial charge in [0.25, 0.3) is 11.8 Å². The minimum atomic E-state index is -0.986. The first-order valence-electron chi connectivity index (χ1n) is 14.2. The molecule has 43 heavy (non-hydrogen) atoms. The number of nitrogens with zero attached hydrogens (tertiary/aromatic N) is 2. The van der Waals surface area contributed by atoms with E-state index < -0.39 is 30.3 Å². The zero-order valence-electron chi connectivity index (χ0n) is 24.6. The second-order valence-electron chi connectivity index (χ2n) is 9.97. The Bertz CT molecular complexity index is 1150. The third kappa shape index (κ3) is 13.3. The zero-order valence-corrected chi connectivity index (χ0v) is 24.6. The van der Waals surface area contributed by atoms with Gasteiger partial charge in [-0.15, -0.1) is 0 Å². The Balaban J connectivity index is 1.71. The average Bonchev–Trinajstić information content (AvgIpc) is 3.32. The average molecular weight is 600 g/mol. The molecule has 0 aromatic heterocycles. The third-order valence-electron chi connectivity index (χ3n) is 6.55. The summed E-state index contributed by atoms with van der Waals surface area (Å²) in [6.45, 7) is 0.388. The van der Waals surface area contributed by atoms with Crippen LogP contribution in [-0.4, -0.2) is 111 Å². The Morgan fingerprint density at radius 2 is 1.47 bits per heavy atom. The van der Waals surface area contributed by atoms with Gasteiger partial charge in [0, 0.05) is 51.7 Å². The summed E-state index contributed by atoms with van der Waals surface area (Å²) in [5.41, 5.74) is 0.794. The zero-order chi connectivity index (χ0) is 31.6. The van der Waals surface area contributed by atoms with E-state index in [9.17, 15) is 33.6 Å². The second kappa shape index (κ2) is 18.8. The summed E-state index contributed by atoms with van der Waals surface area (Å²) in [6, 6.07) is 8.06. The molecule has 5 N–H and O–H groups in total. The lowest BCUT2D eigenvalue weighted by Gasteiger charge is -2.21. The Kier molecular flexibility index (Phi) is 15.1. The van der Waals surface area contributed by atoms with E-state index in [2.05, 4.69) is 26.6 Å². The van der Waals surface area contributed by atoms with Crippen LogP contribution in [0.15, 0.2) is 42.5 Å². The van der Waals surface area contributed by atoms with E-state index >= 15 is 0 Å². The van der Waals surface area contributed by atoms with Crippen molar-refractivity contribution in [3.63, 3.8) is 0 Å². The quantitative estimate of drug-likeness (QED) is 0.0913. The highest BCUT2D eigenvalue weighted by Crippen LogP contribution is 2.08. The normalized spacial score (nSPS) is 12.9. The van der Waals surface area contributed by atoms with Crippen molar-refractivity contribution in [2.75, 3.05) is 53.4 Å². The number of unbranched alkanes of at least 4 members (excludes halogenated alkanes) is 2. The molecule has 1 aromatic rings. The van der Waals surface area contributed by atoms with Gasteiger partial charge in [-0.1, -0.05) is 36.8 Å². The Morgan fingerprint density at radius 1 is 0.814 bits per heavy atom. The highest BCUT2D eigenvalue weighted by molar-refractivity contribution is 6.12. The largest absolute Gasteiger partial charge is 0.347 e. The van der Waals surface area contributed by atoms with E-state index in [1.54, 1.807) is 38.4 Å². The molecule has 0 unspecified atom stereocenters. The van der Waals surface area contributed by atoms with Crippen LogP contribution in [0.25, 0.3) is 0 Å². The summed E-state index contributed by atoms with van der Waals surface area (Å²) in [4.78, 5) is 87.6. The summed E-state index contributed by atoms with van der Waals surface area (Å²) >= 11 is 0. The maximum absolute atomic E-state index is 12.9. The Labute approximate surface area is 251 Å². The van der Waals surface area contributed by atoms with Crippen molar-refractivity contribution in [3.8, 4) is 0 Å². The standard InChI is InChI=1S/C29H41N7O7/c1-30-14-16-35(2)28(42)20-33-29(43)22(17-21-9-5-3-6-10-21)34-25(39)19-32-24(38)18-31-23(37)11-7-4-8-15-36-26(40)12-13-27(36)41/h3,5-6,9-10,12-13,22,30H,4,7-8,11,14-20H2,1-2H3,(H,31,37)(H,32,38)(H,33,43)(H,34,39)/t22-/m0/s1. The molecule has 234 valence electrons. The fraction of sp³-hybridized carbons (Fsp3) is 0.483. The molecular weight excluding hydrogens is 558 g/mol. The molecule has 14 nitrogen and oxygen atoms in total. The first-order valence-corrected chi connectivity index (χ1v) is 14.2. The second-order valence-corrected chi connectivity index (χ2v) is 9.97. The first kappa shape index (κ1) is 34.6. The first-order chi connectivity index (χ1) is 20.6. The van der Waals surface area contributed by atoms with E-state index in [1.807, 2.05) is 6.07 Å². The molecule has 0 fully saturated rings. The van der Waals surface area contributed by atoms with E-state index in [1.165, 1.54) is 17.1 Å². The molecule has 1 heterocycles. The predicted molar refractivity (Wildman–Crippen MR) is 157 cm³/mol. The van der Waals surface area contributed by atoms with Gasteiger partial charge in [-0.2, -0.15) is 0 Å². The van der Waals surface area contributed by atoms with Crippen molar-refractivity contribution >= 4 is 41.4 Å². The molecule has 0 spiro atoms. The summed E-state index contributed by atoms with van der Waals surface area (Å²) in [7, 11) is 3.40. The summed E-state index contributed by atoms with van der Waals surface area (Å²) < 4.78 is 0. The number of rotatable bonds is 19. The highest BCUT2D eigenvalue weighted by Gasteiger charge is 2.23. The van der Waals surface area contributed by atoms with Crippen molar-refractivity contribution in [3.05, 3.63) is 48.0 Å². The summed E-state index contributed by atoms with van der Waals surface area (Å²) in [5, 5.41) is 13.0. The van der Waals surface area contributed by atoms with Gasteiger partial charge in [0.05, 0.1) is 19.6 Å². The van der Waals surface area contributed by atoms with Crippen molar-refractivity contribution in [1.29, 1.82) is 0 Å². The van der Waals surface area contributed by atoms with Crippen LogP contribution in [0, 0.1) is 0 Å². The molecule has 14 heteroatoms. The SMILES string of the molecule is CNCCN(C)C(=O)CNC(=O)[C@H](Cc1ccccc1)NC(=O)CNC(=O)CNC(=O)CCCCCN1C(=O)C=CC1=O. The lowest BCUT2D eigenvalue weighted by atomic mass is 10.1. The molecule has 1 aliphatic heterocycles. The van der Waals surface area contributed by atoms with Gasteiger partial charge in [-0.05, 0) is 25.5 Å². The number of carbonyl (C=O) groups is 7. The Hall–Kier alpha value is -4.59. The molecule has 0 saturated carbocycles. The van der Waals surface area contributed by atoms with Crippen LogP contribution in [-0.2, 0) is 40.0 Å². The number of amides is 7. The van der Waals surface area contributed by atoms with E-state index in [-0.39, 0.29) is 56.1 Å². The van der Waals surface area contributed by atoms with Crippen molar-refractivity contribution in [2.45, 2.75) is 38.1 Å². The van der Waals surface area contributed by atoms with Gasteiger partial charge in [-0.25, -0.2) is 0 Å². The molecule has 0 aliphatic carbocycles. The highest BCUT2D eigenvalue weighted by atomic mass is 16.2. The van der Waals surface area contributed by atoms with Crippen molar-refractivity contribution in [1.82, 2.24) is 36.4 Å². The maximum Gasteiger partial charge on any atom is 0.253 e. The van der Waals surface area contributed by atoms with Crippen LogP contribution >= 0.6 is 0 Å². The molecule has 7 amide bonds. The lowest BCUT2D eigenvalue weighted by molar-refractivity contribution is -0.137. The topological polar surface area (TPSA) is 186 Å². The number of carbonyl (C=O) groups excluding carboxylic acids is 7. The molecule has 1 atom stereocenters. The number of nitrogens with one attached hydrogen (secondary N) is 5. The monoisotopic (exact) mass is 599 g/mol. The summed E-state index contributed by atoms with van der Waals surface area (Å²) in [5.74, 6) is -3.04. The van der Waals surface area contributed by atoms with Crippen molar-refractivity contribution < 1.29 is 33.6 Å². The van der Waals surface area contributed by atoms with Gasteiger partial charge < -0.3 is 31.5 Å². The van der Waals surface area contributed by atoms with Crippen LogP contribution in [0.4, 0.5) is 0 Å². The molecule has 0 saturated heterocycles. The number of hydrogen-bond acceptors (Lipinski definition) is 8. The van der Waals surface area contributed by atoms with E-state index in [0.717, 1.165) is 10.5 Å². The van der Waals surface area contributed by atoms with Gasteiger partial charge in [0.1, 0.15) is 6.04 Å². The molecule has 2 rings (SSSR count). The molecule has 1 aromatic carbocycles.